The second-order valence-electron chi connectivity index (χ2n) is 5.04. The van der Waals surface area contributed by atoms with Crippen molar-refractivity contribution < 1.29 is 4.79 Å². The molecule has 1 atom stereocenters. The van der Waals surface area contributed by atoms with E-state index in [1.165, 1.54) is 6.20 Å². The number of hydrogen-bond acceptors (Lipinski definition) is 4. The number of benzene rings is 1. The summed E-state index contributed by atoms with van der Waals surface area (Å²) < 4.78 is 0. The van der Waals surface area contributed by atoms with Gasteiger partial charge < -0.3 is 15.5 Å². The van der Waals surface area contributed by atoms with Crippen LogP contribution in [0.4, 0.5) is 11.4 Å². The highest BCUT2D eigenvalue weighted by molar-refractivity contribution is 5.97. The normalized spacial score (nSPS) is 12.2. The Balaban J connectivity index is 2.79. The van der Waals surface area contributed by atoms with E-state index in [2.05, 4.69) is 10.6 Å². The lowest BCUT2D eigenvalue weighted by atomic mass is 10.2. The fraction of sp³-hybridized carbons (Fsp3) is 0.375. The Morgan fingerprint density at radius 3 is 2.76 bits per heavy atom. The molecule has 0 aromatic heterocycles. The maximum absolute atomic E-state index is 11.9. The highest BCUT2D eigenvalue weighted by Gasteiger charge is 2.11. The molecule has 112 valence electrons. The van der Waals surface area contributed by atoms with Crippen molar-refractivity contribution in [2.45, 2.75) is 26.3 Å². The van der Waals surface area contributed by atoms with Crippen molar-refractivity contribution in [2.75, 3.05) is 24.3 Å². The van der Waals surface area contributed by atoms with E-state index in [-0.39, 0.29) is 17.5 Å². The SMILES string of the molecule is CCC(C)NC(=O)/C(C#N)=C\Nc1cccc(N(C)C)c1. The van der Waals surface area contributed by atoms with Crippen LogP contribution in [-0.4, -0.2) is 26.0 Å². The molecule has 0 aliphatic carbocycles. The average molecular weight is 286 g/mol. The van der Waals surface area contributed by atoms with Crippen molar-refractivity contribution in [3.63, 3.8) is 0 Å². The summed E-state index contributed by atoms with van der Waals surface area (Å²) in [6, 6.07) is 9.68. The van der Waals surface area contributed by atoms with Crippen LogP contribution in [0.15, 0.2) is 36.0 Å². The number of nitriles is 1. The molecule has 2 N–H and O–H groups in total. The van der Waals surface area contributed by atoms with Crippen molar-refractivity contribution in [3.8, 4) is 6.07 Å². The molecule has 1 unspecified atom stereocenters. The second kappa shape index (κ2) is 7.95. The highest BCUT2D eigenvalue weighted by atomic mass is 16.1. The van der Waals surface area contributed by atoms with Gasteiger partial charge in [-0.05, 0) is 31.5 Å². The molecule has 0 saturated heterocycles. The number of hydrogen-bond donors (Lipinski definition) is 2. The largest absolute Gasteiger partial charge is 0.378 e. The number of rotatable bonds is 6. The molecule has 0 bridgehead atoms. The Hall–Kier alpha value is -2.48. The Bertz CT molecular complexity index is 558. The van der Waals surface area contributed by atoms with E-state index in [4.69, 9.17) is 5.26 Å². The molecule has 5 heteroatoms. The zero-order chi connectivity index (χ0) is 15.8. The van der Waals surface area contributed by atoms with E-state index >= 15 is 0 Å². The summed E-state index contributed by atoms with van der Waals surface area (Å²) in [5.41, 5.74) is 1.92. The first-order valence-electron chi connectivity index (χ1n) is 6.93. The van der Waals surface area contributed by atoms with E-state index in [1.54, 1.807) is 0 Å². The number of anilines is 2. The molecule has 0 fully saturated rings. The molecule has 0 aliphatic heterocycles. The summed E-state index contributed by atoms with van der Waals surface area (Å²) in [7, 11) is 3.91. The molecular formula is C16H22N4O. The third-order valence-corrected chi connectivity index (χ3v) is 3.10. The number of carbonyl (C=O) groups excluding carboxylic acids is 1. The van der Waals surface area contributed by atoms with Crippen molar-refractivity contribution >= 4 is 17.3 Å². The lowest BCUT2D eigenvalue weighted by molar-refractivity contribution is -0.117. The molecular weight excluding hydrogens is 264 g/mol. The Labute approximate surface area is 126 Å². The topological polar surface area (TPSA) is 68.2 Å². The van der Waals surface area contributed by atoms with Gasteiger partial charge in [0.05, 0.1) is 0 Å². The standard InChI is InChI=1S/C16H22N4O/c1-5-12(2)19-16(21)13(10-17)11-18-14-7-6-8-15(9-14)20(3)4/h6-9,11-12,18H,5H2,1-4H3,(H,19,21)/b13-11-. The van der Waals surface area contributed by atoms with Crippen LogP contribution in [0.2, 0.25) is 0 Å². The molecule has 0 aliphatic rings. The zero-order valence-corrected chi connectivity index (χ0v) is 13.0. The fourth-order valence-corrected chi connectivity index (χ4v) is 1.58. The first-order valence-corrected chi connectivity index (χ1v) is 6.93. The van der Waals surface area contributed by atoms with Gasteiger partial charge in [-0.2, -0.15) is 5.26 Å². The van der Waals surface area contributed by atoms with Gasteiger partial charge in [-0.15, -0.1) is 0 Å². The number of carbonyl (C=O) groups is 1. The summed E-state index contributed by atoms with van der Waals surface area (Å²) in [4.78, 5) is 13.9. The minimum Gasteiger partial charge on any atom is -0.378 e. The first kappa shape index (κ1) is 16.6. The van der Waals surface area contributed by atoms with Crippen molar-refractivity contribution in [2.24, 2.45) is 0 Å². The zero-order valence-electron chi connectivity index (χ0n) is 13.0. The Kier molecular flexibility index (Phi) is 6.28. The third-order valence-electron chi connectivity index (χ3n) is 3.10. The van der Waals surface area contributed by atoms with E-state index in [0.29, 0.717) is 0 Å². The first-order chi connectivity index (χ1) is 9.97. The molecule has 1 rings (SSSR count). The van der Waals surface area contributed by atoms with Gasteiger partial charge in [0, 0.05) is 37.7 Å². The van der Waals surface area contributed by atoms with E-state index in [9.17, 15) is 4.79 Å². The molecule has 0 heterocycles. The van der Waals surface area contributed by atoms with Gasteiger partial charge in [-0.3, -0.25) is 4.79 Å². The highest BCUT2D eigenvalue weighted by Crippen LogP contribution is 2.17. The molecule has 5 nitrogen and oxygen atoms in total. The summed E-state index contributed by atoms with van der Waals surface area (Å²) in [5.74, 6) is -0.358. The average Bonchev–Trinajstić information content (AvgIpc) is 2.47. The summed E-state index contributed by atoms with van der Waals surface area (Å²) in [6.45, 7) is 3.88. The van der Waals surface area contributed by atoms with Crippen molar-refractivity contribution in [3.05, 3.63) is 36.0 Å². The van der Waals surface area contributed by atoms with Crippen molar-refractivity contribution in [1.82, 2.24) is 5.32 Å². The van der Waals surface area contributed by atoms with Gasteiger partial charge >= 0.3 is 0 Å². The van der Waals surface area contributed by atoms with Crippen LogP contribution in [0.3, 0.4) is 0 Å². The van der Waals surface area contributed by atoms with Gasteiger partial charge in [-0.1, -0.05) is 13.0 Å². The monoisotopic (exact) mass is 286 g/mol. The molecule has 1 aromatic rings. The van der Waals surface area contributed by atoms with Gasteiger partial charge in [0.2, 0.25) is 0 Å². The minimum absolute atomic E-state index is 0.0475. The maximum atomic E-state index is 11.9. The predicted octanol–water partition coefficient (Wildman–Crippen LogP) is 2.49. The molecule has 0 spiro atoms. The van der Waals surface area contributed by atoms with Gasteiger partial charge in [0.1, 0.15) is 11.6 Å². The smallest absolute Gasteiger partial charge is 0.263 e. The molecule has 0 saturated carbocycles. The van der Waals surface area contributed by atoms with Crippen molar-refractivity contribution in [1.29, 1.82) is 5.26 Å². The van der Waals surface area contributed by atoms with Gasteiger partial charge in [-0.25, -0.2) is 0 Å². The maximum Gasteiger partial charge on any atom is 0.263 e. The molecule has 1 aromatic carbocycles. The lowest BCUT2D eigenvalue weighted by Gasteiger charge is -2.14. The Morgan fingerprint density at radius 1 is 1.48 bits per heavy atom. The van der Waals surface area contributed by atoms with Crippen LogP contribution >= 0.6 is 0 Å². The lowest BCUT2D eigenvalue weighted by Crippen LogP contribution is -2.33. The number of amides is 1. The van der Waals surface area contributed by atoms with E-state index < -0.39 is 0 Å². The molecule has 21 heavy (non-hydrogen) atoms. The van der Waals surface area contributed by atoms with Gasteiger partial charge in [0.15, 0.2) is 0 Å². The van der Waals surface area contributed by atoms with E-state index in [0.717, 1.165) is 17.8 Å². The third kappa shape index (κ3) is 5.19. The number of nitrogens with zero attached hydrogens (tertiary/aromatic N) is 2. The van der Waals surface area contributed by atoms with E-state index in [1.807, 2.05) is 63.2 Å². The van der Waals surface area contributed by atoms with Crippen LogP contribution in [0.1, 0.15) is 20.3 Å². The van der Waals surface area contributed by atoms with Crippen LogP contribution in [-0.2, 0) is 4.79 Å². The summed E-state index contributed by atoms with van der Waals surface area (Å²) in [6.07, 6.45) is 2.26. The number of nitrogens with one attached hydrogen (secondary N) is 2. The van der Waals surface area contributed by atoms with Crippen LogP contribution in [0.25, 0.3) is 0 Å². The molecule has 0 radical (unpaired) electrons. The quantitative estimate of drug-likeness (QED) is 0.623. The predicted molar refractivity (Wildman–Crippen MR) is 86.0 cm³/mol. The van der Waals surface area contributed by atoms with Gasteiger partial charge in [0.25, 0.3) is 5.91 Å². The van der Waals surface area contributed by atoms with Crippen LogP contribution in [0, 0.1) is 11.3 Å². The summed E-state index contributed by atoms with van der Waals surface area (Å²) >= 11 is 0. The Morgan fingerprint density at radius 2 is 2.19 bits per heavy atom. The second-order valence-corrected chi connectivity index (χ2v) is 5.04. The molecule has 1 amide bonds. The van der Waals surface area contributed by atoms with Crippen LogP contribution < -0.4 is 15.5 Å². The van der Waals surface area contributed by atoms with Crippen LogP contribution in [0.5, 0.6) is 0 Å². The fourth-order valence-electron chi connectivity index (χ4n) is 1.58. The minimum atomic E-state index is -0.358. The summed E-state index contributed by atoms with van der Waals surface area (Å²) in [5, 5.41) is 14.8.